The van der Waals surface area contributed by atoms with E-state index in [9.17, 15) is 9.59 Å². The monoisotopic (exact) mass is 284 g/mol. The normalized spacial score (nSPS) is 13.7. The van der Waals surface area contributed by atoms with Gasteiger partial charge in [-0.25, -0.2) is 0 Å². The molecule has 1 aliphatic rings. The van der Waals surface area contributed by atoms with Gasteiger partial charge in [0.1, 0.15) is 5.82 Å². The lowest BCUT2D eigenvalue weighted by Crippen LogP contribution is -2.34. The minimum absolute atomic E-state index is 0.223. The molecule has 1 aliphatic heterocycles. The molecule has 0 saturated heterocycles. The highest BCUT2D eigenvalue weighted by atomic mass is 16.2. The van der Waals surface area contributed by atoms with Crippen LogP contribution in [0.3, 0.4) is 0 Å². The van der Waals surface area contributed by atoms with Crippen molar-refractivity contribution in [1.82, 2.24) is 14.7 Å². The predicted molar refractivity (Wildman–Crippen MR) is 78.2 cm³/mol. The van der Waals surface area contributed by atoms with Gasteiger partial charge in [-0.2, -0.15) is 5.10 Å². The van der Waals surface area contributed by atoms with Crippen molar-refractivity contribution in [3.8, 4) is 0 Å². The summed E-state index contributed by atoms with van der Waals surface area (Å²) in [6.07, 6.45) is 1.77. The van der Waals surface area contributed by atoms with Crippen LogP contribution >= 0.6 is 0 Å². The van der Waals surface area contributed by atoms with E-state index < -0.39 is 0 Å². The van der Waals surface area contributed by atoms with Crippen LogP contribution in [-0.4, -0.2) is 39.6 Å². The van der Waals surface area contributed by atoms with E-state index in [0.29, 0.717) is 24.2 Å². The minimum Gasteiger partial charge on any atom is -0.368 e. The van der Waals surface area contributed by atoms with Crippen LogP contribution in [0.1, 0.15) is 26.3 Å². The lowest BCUT2D eigenvalue weighted by atomic mass is 10.1. The molecule has 0 fully saturated rings. The first-order valence-corrected chi connectivity index (χ1v) is 6.77. The molecule has 0 atom stereocenters. The van der Waals surface area contributed by atoms with Crippen LogP contribution in [0.15, 0.2) is 30.5 Å². The van der Waals surface area contributed by atoms with Crippen molar-refractivity contribution in [3.63, 3.8) is 0 Å². The fourth-order valence-corrected chi connectivity index (χ4v) is 2.53. The summed E-state index contributed by atoms with van der Waals surface area (Å²) < 4.78 is 1.73. The summed E-state index contributed by atoms with van der Waals surface area (Å²) in [6.45, 7) is 2.78. The van der Waals surface area contributed by atoms with Crippen LogP contribution in [0.25, 0.3) is 0 Å². The number of aryl methyl sites for hydroxylation is 2. The van der Waals surface area contributed by atoms with E-state index in [1.54, 1.807) is 35.1 Å². The van der Waals surface area contributed by atoms with Gasteiger partial charge in [-0.1, -0.05) is 12.1 Å². The van der Waals surface area contributed by atoms with E-state index in [0.717, 1.165) is 11.4 Å². The zero-order valence-corrected chi connectivity index (χ0v) is 12.0. The Balaban J connectivity index is 1.68. The number of amides is 2. The van der Waals surface area contributed by atoms with Gasteiger partial charge in [0.2, 0.25) is 0 Å². The smallest absolute Gasteiger partial charge is 0.261 e. The average Bonchev–Trinajstić information content (AvgIpc) is 2.93. The van der Waals surface area contributed by atoms with E-state index in [-0.39, 0.29) is 11.8 Å². The van der Waals surface area contributed by atoms with Gasteiger partial charge in [0.25, 0.3) is 11.8 Å². The van der Waals surface area contributed by atoms with Crippen LogP contribution < -0.4 is 5.32 Å². The highest BCUT2D eigenvalue weighted by Crippen LogP contribution is 2.22. The number of nitrogens with one attached hydrogen (secondary N) is 1. The van der Waals surface area contributed by atoms with Crippen LogP contribution in [0.2, 0.25) is 0 Å². The zero-order chi connectivity index (χ0) is 15.0. The summed E-state index contributed by atoms with van der Waals surface area (Å²) in [7, 11) is 1.84. The van der Waals surface area contributed by atoms with Crippen LogP contribution in [0, 0.1) is 6.92 Å². The number of hydrogen-bond acceptors (Lipinski definition) is 4. The Hall–Kier alpha value is -2.63. The van der Waals surface area contributed by atoms with Crippen molar-refractivity contribution in [2.24, 2.45) is 7.05 Å². The quantitative estimate of drug-likeness (QED) is 0.863. The number of carbonyl (C=O) groups excluding carboxylic acids is 2. The molecule has 3 rings (SSSR count). The highest BCUT2D eigenvalue weighted by Gasteiger charge is 2.34. The fraction of sp³-hybridized carbons (Fsp3) is 0.267. The summed E-state index contributed by atoms with van der Waals surface area (Å²) in [5.74, 6) is 0.449. The van der Waals surface area contributed by atoms with Crippen LogP contribution in [-0.2, 0) is 7.05 Å². The maximum absolute atomic E-state index is 12.2. The first-order valence-electron chi connectivity index (χ1n) is 6.77. The standard InChI is InChI=1S/C15H16N4O2/c1-10-9-17-18(2)13(10)16-7-8-19-14(20)11-5-3-4-6-12(11)15(19)21/h3-6,9,16H,7-8H2,1-2H3. The minimum atomic E-state index is -0.223. The fourth-order valence-electron chi connectivity index (χ4n) is 2.53. The Morgan fingerprint density at radius 3 is 2.29 bits per heavy atom. The van der Waals surface area contributed by atoms with E-state index in [1.807, 2.05) is 14.0 Å². The van der Waals surface area contributed by atoms with Gasteiger partial charge in [0.15, 0.2) is 0 Å². The number of imide groups is 1. The molecule has 6 nitrogen and oxygen atoms in total. The van der Waals surface area contributed by atoms with Gasteiger partial charge < -0.3 is 5.32 Å². The Morgan fingerprint density at radius 2 is 1.76 bits per heavy atom. The number of aromatic nitrogens is 2. The van der Waals surface area contributed by atoms with E-state index >= 15 is 0 Å². The number of anilines is 1. The number of hydrogen-bond donors (Lipinski definition) is 1. The van der Waals surface area contributed by atoms with E-state index in [2.05, 4.69) is 10.4 Å². The van der Waals surface area contributed by atoms with Gasteiger partial charge >= 0.3 is 0 Å². The molecule has 0 saturated carbocycles. The molecule has 0 spiro atoms. The molecule has 2 aromatic rings. The highest BCUT2D eigenvalue weighted by molar-refractivity contribution is 6.21. The Labute approximate surface area is 122 Å². The Kier molecular flexibility index (Phi) is 3.21. The van der Waals surface area contributed by atoms with Crippen molar-refractivity contribution in [3.05, 3.63) is 47.2 Å². The second-order valence-electron chi connectivity index (χ2n) is 5.03. The molecule has 2 amide bonds. The molecule has 6 heteroatoms. The molecule has 0 unspecified atom stereocenters. The second-order valence-corrected chi connectivity index (χ2v) is 5.03. The average molecular weight is 284 g/mol. The first kappa shape index (κ1) is 13.4. The maximum Gasteiger partial charge on any atom is 0.261 e. The molecular weight excluding hydrogens is 268 g/mol. The SMILES string of the molecule is Cc1cnn(C)c1NCCN1C(=O)c2ccccc2C1=O. The van der Waals surface area contributed by atoms with Crippen LogP contribution in [0.4, 0.5) is 5.82 Å². The molecule has 0 bridgehead atoms. The largest absolute Gasteiger partial charge is 0.368 e. The van der Waals surface area contributed by atoms with Crippen molar-refractivity contribution in [2.45, 2.75) is 6.92 Å². The molecule has 0 radical (unpaired) electrons. The van der Waals surface area contributed by atoms with Crippen molar-refractivity contribution < 1.29 is 9.59 Å². The van der Waals surface area contributed by atoms with E-state index in [4.69, 9.17) is 0 Å². The third kappa shape index (κ3) is 2.18. The van der Waals surface area contributed by atoms with E-state index in [1.165, 1.54) is 4.90 Å². The van der Waals surface area contributed by atoms with Gasteiger partial charge in [0, 0.05) is 25.7 Å². The summed E-state index contributed by atoms with van der Waals surface area (Å²) in [6, 6.07) is 6.91. The third-order valence-corrected chi connectivity index (χ3v) is 3.63. The summed E-state index contributed by atoms with van der Waals surface area (Å²) in [5, 5.41) is 7.35. The van der Waals surface area contributed by atoms with Gasteiger partial charge in [0.05, 0.1) is 17.3 Å². The first-order chi connectivity index (χ1) is 10.1. The van der Waals surface area contributed by atoms with Gasteiger partial charge in [-0.15, -0.1) is 0 Å². The third-order valence-electron chi connectivity index (χ3n) is 3.63. The van der Waals surface area contributed by atoms with Crippen molar-refractivity contribution in [2.75, 3.05) is 18.4 Å². The zero-order valence-electron chi connectivity index (χ0n) is 12.0. The summed E-state index contributed by atoms with van der Waals surface area (Å²) >= 11 is 0. The number of fused-ring (bicyclic) bond motifs is 1. The van der Waals surface area contributed by atoms with Gasteiger partial charge in [-0.05, 0) is 19.1 Å². The topological polar surface area (TPSA) is 67.2 Å². The molecule has 0 aliphatic carbocycles. The lowest BCUT2D eigenvalue weighted by Gasteiger charge is -2.15. The molecule has 21 heavy (non-hydrogen) atoms. The second kappa shape index (κ2) is 5.05. The van der Waals surface area contributed by atoms with Gasteiger partial charge in [-0.3, -0.25) is 19.2 Å². The number of nitrogens with zero attached hydrogens (tertiary/aromatic N) is 3. The number of carbonyl (C=O) groups is 2. The molecular formula is C15H16N4O2. The number of rotatable bonds is 4. The Morgan fingerprint density at radius 1 is 1.14 bits per heavy atom. The summed E-state index contributed by atoms with van der Waals surface area (Å²) in [5.41, 5.74) is 2.00. The summed E-state index contributed by atoms with van der Waals surface area (Å²) in [4.78, 5) is 25.7. The molecule has 1 aromatic carbocycles. The molecule has 1 aromatic heterocycles. The molecule has 2 heterocycles. The lowest BCUT2D eigenvalue weighted by molar-refractivity contribution is 0.0660. The predicted octanol–water partition coefficient (Wildman–Crippen LogP) is 1.44. The van der Waals surface area contributed by atoms with Crippen molar-refractivity contribution in [1.29, 1.82) is 0 Å². The maximum atomic E-state index is 12.2. The molecule has 1 N–H and O–H groups in total. The number of benzene rings is 1. The van der Waals surface area contributed by atoms with Crippen molar-refractivity contribution >= 4 is 17.6 Å². The Bertz CT molecular complexity index is 666. The van der Waals surface area contributed by atoms with Crippen LogP contribution in [0.5, 0.6) is 0 Å². The molecule has 108 valence electrons.